The molecule has 1 aromatic carbocycles. The molecule has 1 aromatic rings. The maximum absolute atomic E-state index is 11.6. The minimum atomic E-state index is -0.00993. The van der Waals surface area contributed by atoms with E-state index in [0.717, 1.165) is 22.8 Å². The summed E-state index contributed by atoms with van der Waals surface area (Å²) in [6.45, 7) is 12.6. The average Bonchev–Trinajstić information content (AvgIpc) is 2.59. The van der Waals surface area contributed by atoms with Crippen LogP contribution >= 0.6 is 0 Å². The van der Waals surface area contributed by atoms with Gasteiger partial charge in [-0.15, -0.1) is 0 Å². The van der Waals surface area contributed by atoms with Crippen LogP contribution in [-0.2, 0) is 4.79 Å². The van der Waals surface area contributed by atoms with E-state index in [2.05, 4.69) is 31.1 Å². The van der Waals surface area contributed by atoms with Gasteiger partial charge in [-0.25, -0.2) is 4.99 Å². The summed E-state index contributed by atoms with van der Waals surface area (Å²) in [4.78, 5) is 29.5. The number of Topliss-reactive ketones (excluding diaryl/α,β-unsaturated/α-hetero) is 1. The first kappa shape index (κ1) is 23.4. The van der Waals surface area contributed by atoms with Crippen LogP contribution in [0.4, 0.5) is 5.69 Å². The molecule has 0 saturated heterocycles. The Bertz CT molecular complexity index is 776. The molecule has 28 heavy (non-hydrogen) atoms. The summed E-state index contributed by atoms with van der Waals surface area (Å²) >= 11 is 0. The molecular formula is C22H34N4O2. The van der Waals surface area contributed by atoms with E-state index in [1.807, 2.05) is 26.1 Å². The van der Waals surface area contributed by atoms with Crippen molar-refractivity contribution in [2.45, 2.75) is 48.0 Å². The molecule has 6 heteroatoms. The summed E-state index contributed by atoms with van der Waals surface area (Å²) in [6, 6.07) is 5.44. The molecule has 0 bridgehead atoms. The molecule has 0 spiro atoms. The van der Waals surface area contributed by atoms with E-state index >= 15 is 0 Å². The number of amidine groups is 1. The smallest absolute Gasteiger partial charge is 0.219 e. The van der Waals surface area contributed by atoms with E-state index in [0.29, 0.717) is 36.6 Å². The van der Waals surface area contributed by atoms with E-state index < -0.39 is 0 Å². The van der Waals surface area contributed by atoms with Gasteiger partial charge in [0.25, 0.3) is 0 Å². The second-order valence-electron chi connectivity index (χ2n) is 7.74. The number of carbonyl (C=O) groups excluding carboxylic acids is 2. The number of nitrogens with one attached hydrogen (secondary N) is 1. The number of amides is 1. The first-order chi connectivity index (χ1) is 13.0. The molecule has 0 fully saturated rings. The second kappa shape index (κ2) is 10.6. The van der Waals surface area contributed by atoms with E-state index in [4.69, 9.17) is 5.73 Å². The lowest BCUT2D eigenvalue weighted by Gasteiger charge is -2.29. The predicted octanol–water partition coefficient (Wildman–Crippen LogP) is 3.57. The van der Waals surface area contributed by atoms with Crippen molar-refractivity contribution < 1.29 is 9.59 Å². The molecule has 0 aromatic heterocycles. The third-order valence-corrected chi connectivity index (χ3v) is 4.12. The number of nitrogens with two attached hydrogens (primary N) is 1. The van der Waals surface area contributed by atoms with Gasteiger partial charge in [0.2, 0.25) is 5.91 Å². The molecule has 0 radical (unpaired) electrons. The van der Waals surface area contributed by atoms with Crippen molar-refractivity contribution in [2.24, 2.45) is 16.6 Å². The molecule has 0 unspecified atom stereocenters. The first-order valence-electron chi connectivity index (χ1n) is 9.67. The molecule has 1 heterocycles. The number of carbonyl (C=O) groups is 2. The minimum Gasteiger partial charge on any atom is -0.391 e. The van der Waals surface area contributed by atoms with Crippen molar-refractivity contribution >= 4 is 23.2 Å². The van der Waals surface area contributed by atoms with Crippen LogP contribution in [0, 0.1) is 12.8 Å². The molecule has 1 amide bonds. The SMILES string of the molecule is CC(C)C.CNC1=C(C(N)=Nc2cc(C)cc(C(C)=O)c2)CN(C(C)=O)CC1. The molecule has 0 atom stereocenters. The lowest BCUT2D eigenvalue weighted by atomic mass is 10.0. The van der Waals surface area contributed by atoms with E-state index in [1.165, 1.54) is 6.92 Å². The highest BCUT2D eigenvalue weighted by molar-refractivity contribution is 6.01. The van der Waals surface area contributed by atoms with Crippen LogP contribution in [0.1, 0.15) is 57.0 Å². The molecule has 2 rings (SSSR count). The molecule has 0 saturated carbocycles. The van der Waals surface area contributed by atoms with Crippen molar-refractivity contribution in [1.82, 2.24) is 10.2 Å². The first-order valence-corrected chi connectivity index (χ1v) is 9.67. The Labute approximate surface area is 168 Å². The van der Waals surface area contributed by atoms with E-state index in [1.54, 1.807) is 17.9 Å². The molecule has 154 valence electrons. The monoisotopic (exact) mass is 386 g/mol. The minimum absolute atomic E-state index is 0.00993. The van der Waals surface area contributed by atoms with Gasteiger partial charge < -0.3 is 16.0 Å². The lowest BCUT2D eigenvalue weighted by molar-refractivity contribution is -0.128. The van der Waals surface area contributed by atoms with Crippen LogP contribution in [0.15, 0.2) is 34.5 Å². The van der Waals surface area contributed by atoms with Gasteiger partial charge >= 0.3 is 0 Å². The highest BCUT2D eigenvalue weighted by Gasteiger charge is 2.22. The largest absolute Gasteiger partial charge is 0.391 e. The number of hydrogen-bond acceptors (Lipinski definition) is 4. The Morgan fingerprint density at radius 3 is 2.29 bits per heavy atom. The summed E-state index contributed by atoms with van der Waals surface area (Å²) in [5, 5.41) is 3.15. The maximum atomic E-state index is 11.6. The third-order valence-electron chi connectivity index (χ3n) is 4.12. The highest BCUT2D eigenvalue weighted by atomic mass is 16.2. The van der Waals surface area contributed by atoms with Gasteiger partial charge in [0.05, 0.1) is 12.2 Å². The Hall–Kier alpha value is -2.63. The number of hydrogen-bond donors (Lipinski definition) is 2. The number of aryl methyl sites for hydroxylation is 1. The second-order valence-corrected chi connectivity index (χ2v) is 7.74. The van der Waals surface area contributed by atoms with Gasteiger partial charge in [-0.1, -0.05) is 20.8 Å². The summed E-state index contributed by atoms with van der Waals surface area (Å²) in [6.07, 6.45) is 0.716. The van der Waals surface area contributed by atoms with Crippen molar-refractivity contribution in [3.8, 4) is 0 Å². The van der Waals surface area contributed by atoms with Gasteiger partial charge in [-0.05, 0) is 43.5 Å². The number of benzene rings is 1. The van der Waals surface area contributed by atoms with Crippen LogP contribution in [0.25, 0.3) is 0 Å². The molecule has 0 aliphatic carbocycles. The van der Waals surface area contributed by atoms with Gasteiger partial charge in [0, 0.05) is 43.8 Å². The zero-order valence-corrected chi connectivity index (χ0v) is 18.2. The Morgan fingerprint density at radius 1 is 1.18 bits per heavy atom. The number of rotatable bonds is 4. The molecule has 1 aliphatic rings. The van der Waals surface area contributed by atoms with Gasteiger partial charge in [0.1, 0.15) is 5.84 Å². The average molecular weight is 387 g/mol. The Kier molecular flexibility index (Phi) is 8.89. The Morgan fingerprint density at radius 2 is 1.79 bits per heavy atom. The van der Waals surface area contributed by atoms with Crippen LogP contribution < -0.4 is 11.1 Å². The summed E-state index contributed by atoms with van der Waals surface area (Å²) in [7, 11) is 1.84. The van der Waals surface area contributed by atoms with Crippen molar-refractivity contribution in [3.05, 3.63) is 40.6 Å². The van der Waals surface area contributed by atoms with Crippen LogP contribution in [0.3, 0.4) is 0 Å². The maximum Gasteiger partial charge on any atom is 0.219 e. The fraction of sp³-hybridized carbons (Fsp3) is 0.500. The normalized spacial score (nSPS) is 14.6. The standard InChI is InChI=1S/C18H24N4O2.C4H10/c1-11-7-14(12(2)23)9-15(8-11)21-18(19)16-10-22(13(3)24)6-5-17(16)20-4;1-4(2)3/h7-9,20H,5-6,10H2,1-4H3,(H2,19,21);4H,1-3H3. The van der Waals surface area contributed by atoms with Crippen LogP contribution in [0.5, 0.6) is 0 Å². The summed E-state index contributed by atoms with van der Waals surface area (Å²) in [5.74, 6) is 1.21. The predicted molar refractivity (Wildman–Crippen MR) is 116 cm³/mol. The quantitative estimate of drug-likeness (QED) is 0.470. The molecule has 3 N–H and O–H groups in total. The fourth-order valence-corrected chi connectivity index (χ4v) is 2.78. The van der Waals surface area contributed by atoms with Gasteiger partial charge in [-0.2, -0.15) is 0 Å². The number of ketones is 1. The zero-order chi connectivity index (χ0) is 21.4. The molecule has 1 aliphatic heterocycles. The van der Waals surface area contributed by atoms with Crippen molar-refractivity contribution in [3.63, 3.8) is 0 Å². The van der Waals surface area contributed by atoms with Crippen molar-refractivity contribution in [1.29, 1.82) is 0 Å². The third kappa shape index (κ3) is 7.18. The number of nitrogens with zero attached hydrogens (tertiary/aromatic N) is 2. The van der Waals surface area contributed by atoms with Gasteiger partial charge in [-0.3, -0.25) is 9.59 Å². The Balaban J connectivity index is 0.000000892. The van der Waals surface area contributed by atoms with Crippen LogP contribution in [0.2, 0.25) is 0 Å². The fourth-order valence-electron chi connectivity index (χ4n) is 2.78. The molecule has 6 nitrogen and oxygen atoms in total. The van der Waals surface area contributed by atoms with Gasteiger partial charge in [0.15, 0.2) is 5.78 Å². The highest BCUT2D eigenvalue weighted by Crippen LogP contribution is 2.21. The van der Waals surface area contributed by atoms with Crippen molar-refractivity contribution in [2.75, 3.05) is 20.1 Å². The molecular weight excluding hydrogens is 352 g/mol. The topological polar surface area (TPSA) is 87.8 Å². The van der Waals surface area contributed by atoms with E-state index in [9.17, 15) is 9.59 Å². The summed E-state index contributed by atoms with van der Waals surface area (Å²) < 4.78 is 0. The number of aliphatic imine (C=N–C) groups is 1. The zero-order valence-electron chi connectivity index (χ0n) is 18.2. The van der Waals surface area contributed by atoms with E-state index in [-0.39, 0.29) is 11.7 Å². The van der Waals surface area contributed by atoms with Crippen LogP contribution in [-0.4, -0.2) is 42.6 Å². The lowest BCUT2D eigenvalue weighted by Crippen LogP contribution is -2.40. The summed E-state index contributed by atoms with van der Waals surface area (Å²) in [5.41, 5.74) is 10.2.